The Labute approximate surface area is 256 Å². The number of aryl methyl sites for hydroxylation is 3. The summed E-state index contributed by atoms with van der Waals surface area (Å²) >= 11 is 3.41. The zero-order valence-electron chi connectivity index (χ0n) is 25.5. The Morgan fingerprint density at radius 3 is 1.93 bits per heavy atom. The van der Waals surface area contributed by atoms with Gasteiger partial charge >= 0.3 is 12.2 Å². The molecule has 0 atom stereocenters. The van der Waals surface area contributed by atoms with Gasteiger partial charge in [0.05, 0.1) is 6.20 Å². The predicted octanol–water partition coefficient (Wildman–Crippen LogP) is 6.04. The van der Waals surface area contributed by atoms with Crippen molar-refractivity contribution in [2.75, 3.05) is 22.9 Å². The van der Waals surface area contributed by atoms with E-state index in [-0.39, 0.29) is 12.2 Å². The van der Waals surface area contributed by atoms with E-state index in [1.807, 2.05) is 63.1 Å². The molecule has 0 spiro atoms. The fraction of sp³-hybridized carbons (Fsp3) is 0.621. The number of halogens is 1. The van der Waals surface area contributed by atoms with E-state index in [4.69, 9.17) is 9.47 Å². The first-order chi connectivity index (χ1) is 19.8. The molecule has 12 nitrogen and oxygen atoms in total. The topological polar surface area (TPSA) is 113 Å². The molecule has 42 heavy (non-hydrogen) atoms. The number of rotatable bonds is 0. The Kier molecular flexibility index (Phi) is 10.0. The molecule has 0 aliphatic carbocycles. The summed E-state index contributed by atoms with van der Waals surface area (Å²) in [6.07, 6.45) is 14.2. The van der Waals surface area contributed by atoms with Crippen LogP contribution in [0.3, 0.4) is 0 Å². The van der Waals surface area contributed by atoms with Crippen molar-refractivity contribution in [3.63, 3.8) is 0 Å². The molecule has 13 heteroatoms. The van der Waals surface area contributed by atoms with E-state index >= 15 is 0 Å². The fourth-order valence-electron chi connectivity index (χ4n) is 4.79. The van der Waals surface area contributed by atoms with Crippen LogP contribution >= 0.6 is 15.9 Å². The second kappa shape index (κ2) is 13.3. The van der Waals surface area contributed by atoms with Gasteiger partial charge in [-0.05, 0) is 83.2 Å². The zero-order chi connectivity index (χ0) is 30.5. The second-order valence-electron chi connectivity index (χ2n) is 12.4. The largest absolute Gasteiger partial charge is 0.443 e. The lowest BCUT2D eigenvalue weighted by atomic mass is 10.2. The maximum atomic E-state index is 12.0. The summed E-state index contributed by atoms with van der Waals surface area (Å²) in [4.78, 5) is 39.7. The SMILES string of the molecule is CC(C)(C)OC(=O)N1CCCn2c(Br)cnc21.CC(C)(C)OC(=O)N1CCCn2ccnc21.c1cn2c(n1)CCCC2. The van der Waals surface area contributed by atoms with Crippen LogP contribution in [0.25, 0.3) is 0 Å². The van der Waals surface area contributed by atoms with E-state index in [2.05, 4.69) is 41.6 Å². The van der Waals surface area contributed by atoms with E-state index in [0.717, 1.165) is 30.5 Å². The van der Waals surface area contributed by atoms with E-state index in [9.17, 15) is 9.59 Å². The number of imidazole rings is 3. The van der Waals surface area contributed by atoms with Crippen molar-refractivity contribution in [2.24, 2.45) is 0 Å². The normalized spacial score (nSPS) is 16.1. The van der Waals surface area contributed by atoms with Crippen LogP contribution < -0.4 is 9.80 Å². The summed E-state index contributed by atoms with van der Waals surface area (Å²) in [7, 11) is 0. The molecular formula is C29H43BrN8O4. The quantitative estimate of drug-likeness (QED) is 0.293. The molecule has 6 rings (SSSR count). The number of nitrogens with zero attached hydrogens (tertiary/aromatic N) is 8. The van der Waals surface area contributed by atoms with Crippen molar-refractivity contribution >= 4 is 40.0 Å². The van der Waals surface area contributed by atoms with Gasteiger partial charge in [0.2, 0.25) is 11.9 Å². The van der Waals surface area contributed by atoms with Crippen molar-refractivity contribution in [2.45, 2.75) is 104 Å². The summed E-state index contributed by atoms with van der Waals surface area (Å²) in [6, 6.07) is 0. The highest BCUT2D eigenvalue weighted by Gasteiger charge is 2.30. The standard InChI is InChI=1S/C11H16BrN3O2.C11H17N3O2.C7H10N2/c1-11(2,3)17-10(16)15-6-4-5-14-8(12)7-13-9(14)15;1-11(2,3)16-10(15)14-7-4-6-13-8-5-12-9(13)14;1-2-5-9-6-4-8-7(9)3-1/h7H,4-6H2,1-3H3;5,8H,4,6-7H2,1-3H3;4,6H,1-3,5H2. The molecule has 6 heterocycles. The predicted molar refractivity (Wildman–Crippen MR) is 164 cm³/mol. The highest BCUT2D eigenvalue weighted by molar-refractivity contribution is 9.10. The van der Waals surface area contributed by atoms with Gasteiger partial charge in [0.15, 0.2) is 0 Å². The lowest BCUT2D eigenvalue weighted by molar-refractivity contribution is 0.0561. The molecule has 3 aliphatic heterocycles. The van der Waals surface area contributed by atoms with Crippen molar-refractivity contribution in [3.8, 4) is 0 Å². The average Bonchev–Trinajstić information content (AvgIpc) is 3.67. The van der Waals surface area contributed by atoms with Gasteiger partial charge in [0.1, 0.15) is 21.6 Å². The van der Waals surface area contributed by atoms with Crippen LogP contribution in [-0.2, 0) is 35.5 Å². The molecule has 2 amide bonds. The maximum absolute atomic E-state index is 12.0. The zero-order valence-corrected chi connectivity index (χ0v) is 27.1. The van der Waals surface area contributed by atoms with E-state index in [1.54, 1.807) is 22.2 Å². The number of anilines is 2. The Hall–Kier alpha value is -3.35. The molecule has 0 saturated heterocycles. The number of hydrogen-bond acceptors (Lipinski definition) is 7. The molecule has 0 unspecified atom stereocenters. The van der Waals surface area contributed by atoms with Crippen molar-refractivity contribution in [1.82, 2.24) is 28.7 Å². The maximum Gasteiger partial charge on any atom is 0.417 e. The third-order valence-electron chi connectivity index (χ3n) is 6.59. The minimum Gasteiger partial charge on any atom is -0.443 e. The van der Waals surface area contributed by atoms with E-state index in [1.165, 1.54) is 31.6 Å². The van der Waals surface area contributed by atoms with Gasteiger partial charge in [-0.2, -0.15) is 0 Å². The molecule has 3 aromatic rings. The average molecular weight is 648 g/mol. The molecule has 3 aromatic heterocycles. The minimum absolute atomic E-state index is 0.320. The third-order valence-corrected chi connectivity index (χ3v) is 7.22. The Morgan fingerprint density at radius 1 is 0.714 bits per heavy atom. The summed E-state index contributed by atoms with van der Waals surface area (Å²) in [6.45, 7) is 15.4. The molecule has 0 bridgehead atoms. The van der Waals surface area contributed by atoms with Crippen LogP contribution in [0.2, 0.25) is 0 Å². The fourth-order valence-corrected chi connectivity index (χ4v) is 5.23. The van der Waals surface area contributed by atoms with Gasteiger partial charge < -0.3 is 23.2 Å². The number of ether oxygens (including phenoxy) is 2. The highest BCUT2D eigenvalue weighted by atomic mass is 79.9. The van der Waals surface area contributed by atoms with Crippen LogP contribution in [0.5, 0.6) is 0 Å². The summed E-state index contributed by atoms with van der Waals surface area (Å²) in [5.41, 5.74) is -0.949. The number of hydrogen-bond donors (Lipinski definition) is 0. The molecular weight excluding hydrogens is 604 g/mol. The first-order valence-electron chi connectivity index (χ1n) is 14.6. The number of fused-ring (bicyclic) bond motifs is 3. The summed E-state index contributed by atoms with van der Waals surface area (Å²) in [5.74, 6) is 2.60. The van der Waals surface area contributed by atoms with Crippen molar-refractivity contribution < 1.29 is 19.1 Å². The van der Waals surface area contributed by atoms with Gasteiger partial charge in [-0.15, -0.1) is 0 Å². The summed E-state index contributed by atoms with van der Waals surface area (Å²) < 4.78 is 17.8. The molecule has 0 saturated carbocycles. The molecule has 0 aromatic carbocycles. The monoisotopic (exact) mass is 646 g/mol. The molecule has 0 N–H and O–H groups in total. The van der Waals surface area contributed by atoms with Gasteiger partial charge in [-0.3, -0.25) is 0 Å². The van der Waals surface area contributed by atoms with Gasteiger partial charge in [0.25, 0.3) is 0 Å². The number of amides is 2. The molecule has 0 radical (unpaired) electrons. The lowest BCUT2D eigenvalue weighted by Gasteiger charge is -2.30. The van der Waals surface area contributed by atoms with Crippen molar-refractivity contribution in [3.05, 3.63) is 41.4 Å². The molecule has 230 valence electrons. The number of carbonyl (C=O) groups is 2. The molecule has 3 aliphatic rings. The third kappa shape index (κ3) is 8.36. The van der Waals surface area contributed by atoms with Crippen LogP contribution in [-0.4, -0.2) is 65.1 Å². The first kappa shape index (κ1) is 31.6. The van der Waals surface area contributed by atoms with E-state index < -0.39 is 11.2 Å². The van der Waals surface area contributed by atoms with Crippen LogP contribution in [0, 0.1) is 0 Å². The van der Waals surface area contributed by atoms with Gasteiger partial charge in [0, 0.05) is 63.9 Å². The van der Waals surface area contributed by atoms with Crippen LogP contribution in [0.1, 0.15) is 73.1 Å². The lowest BCUT2D eigenvalue weighted by Crippen LogP contribution is -2.41. The molecule has 0 fully saturated rings. The number of carbonyl (C=O) groups excluding carboxylic acids is 2. The minimum atomic E-state index is -0.483. The smallest absolute Gasteiger partial charge is 0.417 e. The van der Waals surface area contributed by atoms with Gasteiger partial charge in [-0.25, -0.2) is 34.3 Å². The Bertz CT molecular complexity index is 1330. The van der Waals surface area contributed by atoms with Crippen LogP contribution in [0.4, 0.5) is 21.5 Å². The second-order valence-corrected chi connectivity index (χ2v) is 13.2. The highest BCUT2D eigenvalue weighted by Crippen LogP contribution is 2.26. The summed E-state index contributed by atoms with van der Waals surface area (Å²) in [5, 5.41) is 0. The first-order valence-corrected chi connectivity index (χ1v) is 15.3. The van der Waals surface area contributed by atoms with Crippen LogP contribution in [0.15, 0.2) is 35.6 Å². The van der Waals surface area contributed by atoms with Gasteiger partial charge in [-0.1, -0.05) is 0 Å². The van der Waals surface area contributed by atoms with E-state index in [0.29, 0.717) is 25.0 Å². The Morgan fingerprint density at radius 2 is 1.29 bits per heavy atom. The Balaban J connectivity index is 0.000000151. The number of aromatic nitrogens is 6. The van der Waals surface area contributed by atoms with Crippen molar-refractivity contribution in [1.29, 1.82) is 0 Å².